The van der Waals surface area contributed by atoms with Crippen LogP contribution in [0, 0.1) is 0 Å². The van der Waals surface area contributed by atoms with Crippen LogP contribution in [-0.2, 0) is 10.3 Å². The third-order valence-electron chi connectivity index (χ3n) is 4.58. The quantitative estimate of drug-likeness (QED) is 0.588. The van der Waals surface area contributed by atoms with Crippen molar-refractivity contribution >= 4 is 40.5 Å². The lowest BCUT2D eigenvalue weighted by atomic mass is 9.78. The van der Waals surface area contributed by atoms with Crippen LogP contribution >= 0.6 is 23.2 Å². The summed E-state index contributed by atoms with van der Waals surface area (Å²) in [6.07, 6.45) is 0. The van der Waals surface area contributed by atoms with Gasteiger partial charge in [0.15, 0.2) is 0 Å². The summed E-state index contributed by atoms with van der Waals surface area (Å²) in [6, 6.07) is 15.5. The van der Waals surface area contributed by atoms with Crippen molar-refractivity contribution in [1.29, 1.82) is 0 Å². The molecule has 3 nitrogen and oxygen atoms in total. The second kappa shape index (κ2) is 4.64. The fourth-order valence-corrected chi connectivity index (χ4v) is 4.21. The molecule has 2 aromatic rings. The summed E-state index contributed by atoms with van der Waals surface area (Å²) < 4.78 is 0. The molecule has 5 heteroatoms. The van der Waals surface area contributed by atoms with Crippen LogP contribution in [0.3, 0.4) is 0 Å². The van der Waals surface area contributed by atoms with Gasteiger partial charge in [0, 0.05) is 35.6 Å². The molecule has 2 atom stereocenters. The highest BCUT2D eigenvalue weighted by molar-refractivity contribution is 6.39. The Labute approximate surface area is 139 Å². The monoisotopic (exact) mass is 332 g/mol. The van der Waals surface area contributed by atoms with E-state index in [-0.39, 0.29) is 5.91 Å². The topological polar surface area (TPSA) is 23.6 Å². The van der Waals surface area contributed by atoms with Gasteiger partial charge in [-0.05, 0) is 24.3 Å². The number of rotatable bonds is 1. The van der Waals surface area contributed by atoms with Crippen molar-refractivity contribution in [2.45, 2.75) is 10.9 Å². The van der Waals surface area contributed by atoms with E-state index in [1.807, 2.05) is 37.4 Å². The summed E-state index contributed by atoms with van der Waals surface area (Å²) in [5, 5.41) is 0.0516. The van der Waals surface area contributed by atoms with Crippen molar-refractivity contribution in [2.75, 3.05) is 23.4 Å². The van der Waals surface area contributed by atoms with E-state index in [1.54, 1.807) is 11.0 Å². The molecule has 1 fully saturated rings. The first-order valence-corrected chi connectivity index (χ1v) is 7.91. The maximum Gasteiger partial charge on any atom is 0.248 e. The number of β-lactam (4-membered cyclic amide) rings is 1. The highest BCUT2D eigenvalue weighted by Crippen LogP contribution is 2.54. The Morgan fingerprint density at radius 1 is 1.18 bits per heavy atom. The Kier molecular flexibility index (Phi) is 2.94. The zero-order valence-corrected chi connectivity index (χ0v) is 13.5. The van der Waals surface area contributed by atoms with Crippen LogP contribution in [0.2, 0.25) is 5.02 Å². The van der Waals surface area contributed by atoms with Gasteiger partial charge in [-0.25, -0.2) is 0 Å². The van der Waals surface area contributed by atoms with Gasteiger partial charge in [-0.3, -0.25) is 9.69 Å². The minimum atomic E-state index is -0.558. The van der Waals surface area contributed by atoms with Crippen molar-refractivity contribution < 1.29 is 4.79 Å². The van der Waals surface area contributed by atoms with Crippen molar-refractivity contribution in [3.05, 3.63) is 59.1 Å². The van der Waals surface area contributed by atoms with Gasteiger partial charge in [0.1, 0.15) is 10.9 Å². The third kappa shape index (κ3) is 1.61. The molecule has 22 heavy (non-hydrogen) atoms. The van der Waals surface area contributed by atoms with Crippen molar-refractivity contribution in [1.82, 2.24) is 0 Å². The molecule has 1 saturated heterocycles. The number of hydrogen-bond donors (Lipinski definition) is 0. The number of fused-ring (bicyclic) bond motifs is 2. The molecule has 1 amide bonds. The highest BCUT2D eigenvalue weighted by atomic mass is 35.5. The molecule has 4 rings (SSSR count). The highest BCUT2D eigenvalue weighted by Gasteiger charge is 2.64. The summed E-state index contributed by atoms with van der Waals surface area (Å²) in [6.45, 7) is 0.679. The molecule has 2 aliphatic heterocycles. The second-order valence-electron chi connectivity index (χ2n) is 5.81. The first-order valence-electron chi connectivity index (χ1n) is 7.10. The Morgan fingerprint density at radius 3 is 2.73 bits per heavy atom. The Hall–Kier alpha value is -1.71. The van der Waals surface area contributed by atoms with Gasteiger partial charge in [-0.15, -0.1) is 11.6 Å². The number of para-hydroxylation sites is 1. The standard InChI is InChI=1S/C17H14Cl2N2O/c1-20-10-17(13-7-2-3-8-14(13)20)15(19)16(22)21(17)12-6-4-5-11(18)9-12/h2-9,15H,10H2,1H3. The molecule has 0 bridgehead atoms. The number of carbonyl (C=O) groups is 1. The van der Waals surface area contributed by atoms with Gasteiger partial charge >= 0.3 is 0 Å². The van der Waals surface area contributed by atoms with Crippen LogP contribution in [-0.4, -0.2) is 24.9 Å². The summed E-state index contributed by atoms with van der Waals surface area (Å²) in [5.41, 5.74) is 2.48. The molecule has 112 valence electrons. The lowest BCUT2D eigenvalue weighted by Crippen LogP contribution is -2.72. The van der Waals surface area contributed by atoms with Crippen LogP contribution in [0.5, 0.6) is 0 Å². The summed E-state index contributed by atoms with van der Waals surface area (Å²) in [7, 11) is 2.02. The Bertz CT molecular complexity index is 779. The van der Waals surface area contributed by atoms with Gasteiger partial charge in [-0.1, -0.05) is 35.9 Å². The fourth-order valence-electron chi connectivity index (χ4n) is 3.65. The summed E-state index contributed by atoms with van der Waals surface area (Å²) >= 11 is 12.6. The van der Waals surface area contributed by atoms with E-state index < -0.39 is 10.9 Å². The van der Waals surface area contributed by atoms with Crippen LogP contribution in [0.25, 0.3) is 0 Å². The van der Waals surface area contributed by atoms with E-state index in [0.29, 0.717) is 11.6 Å². The second-order valence-corrected chi connectivity index (χ2v) is 6.69. The maximum atomic E-state index is 12.5. The molecule has 0 saturated carbocycles. The number of hydrogen-bond acceptors (Lipinski definition) is 2. The smallest absolute Gasteiger partial charge is 0.248 e. The number of likely N-dealkylation sites (N-methyl/N-ethyl adjacent to an activating group) is 1. The van der Waals surface area contributed by atoms with Crippen molar-refractivity contribution in [3.8, 4) is 0 Å². The maximum absolute atomic E-state index is 12.5. The summed E-state index contributed by atoms with van der Waals surface area (Å²) in [4.78, 5) is 16.4. The zero-order chi connectivity index (χ0) is 15.5. The molecule has 0 aliphatic carbocycles. The van der Waals surface area contributed by atoms with Crippen LogP contribution < -0.4 is 9.80 Å². The van der Waals surface area contributed by atoms with Crippen LogP contribution in [0.15, 0.2) is 48.5 Å². The molecule has 2 aliphatic rings. The number of carbonyl (C=O) groups excluding carboxylic acids is 1. The van der Waals surface area contributed by atoms with E-state index in [1.165, 1.54) is 0 Å². The van der Waals surface area contributed by atoms with Gasteiger partial charge in [-0.2, -0.15) is 0 Å². The van der Waals surface area contributed by atoms with Crippen molar-refractivity contribution in [2.24, 2.45) is 0 Å². The third-order valence-corrected chi connectivity index (χ3v) is 5.36. The SMILES string of the molecule is CN1CC2(c3ccccc31)C(Cl)C(=O)N2c1cccc(Cl)c1. The first kappa shape index (κ1) is 13.9. The Morgan fingerprint density at radius 2 is 1.95 bits per heavy atom. The van der Waals surface area contributed by atoms with E-state index in [2.05, 4.69) is 17.0 Å². The lowest BCUT2D eigenvalue weighted by molar-refractivity contribution is -0.126. The summed E-state index contributed by atoms with van der Waals surface area (Å²) in [5.74, 6) is -0.0750. The molecular formula is C17H14Cl2N2O. The van der Waals surface area contributed by atoms with E-state index in [9.17, 15) is 4.79 Å². The van der Waals surface area contributed by atoms with E-state index in [0.717, 1.165) is 16.9 Å². The van der Waals surface area contributed by atoms with Gasteiger partial charge < -0.3 is 4.90 Å². The van der Waals surface area contributed by atoms with Gasteiger partial charge in [0.2, 0.25) is 5.91 Å². The number of alkyl halides is 1. The average Bonchev–Trinajstić information content (AvgIpc) is 2.83. The average molecular weight is 333 g/mol. The van der Waals surface area contributed by atoms with Crippen molar-refractivity contribution in [3.63, 3.8) is 0 Å². The molecular weight excluding hydrogens is 319 g/mol. The molecule has 2 unspecified atom stereocenters. The van der Waals surface area contributed by atoms with Crippen LogP contribution in [0.4, 0.5) is 11.4 Å². The molecule has 2 aromatic carbocycles. The molecule has 0 aromatic heterocycles. The predicted molar refractivity (Wildman–Crippen MR) is 90.0 cm³/mol. The zero-order valence-electron chi connectivity index (χ0n) is 12.0. The number of anilines is 2. The normalized spacial score (nSPS) is 26.3. The van der Waals surface area contributed by atoms with Gasteiger partial charge in [0.25, 0.3) is 0 Å². The van der Waals surface area contributed by atoms with Crippen LogP contribution in [0.1, 0.15) is 5.56 Å². The minimum Gasteiger partial charge on any atom is -0.371 e. The molecule has 0 N–H and O–H groups in total. The number of amides is 1. The minimum absolute atomic E-state index is 0.0750. The molecule has 1 spiro atoms. The fraction of sp³-hybridized carbons (Fsp3) is 0.235. The Balaban J connectivity index is 1.89. The lowest BCUT2D eigenvalue weighted by Gasteiger charge is -2.53. The number of nitrogens with zero attached hydrogens (tertiary/aromatic N) is 2. The molecule has 2 heterocycles. The van der Waals surface area contributed by atoms with E-state index in [4.69, 9.17) is 23.2 Å². The largest absolute Gasteiger partial charge is 0.371 e. The van der Waals surface area contributed by atoms with E-state index >= 15 is 0 Å². The first-order chi connectivity index (χ1) is 10.6. The number of halogens is 2. The van der Waals surface area contributed by atoms with Gasteiger partial charge in [0.05, 0.1) is 0 Å². The molecule has 0 radical (unpaired) electrons. The predicted octanol–water partition coefficient (Wildman–Crippen LogP) is 3.64. The number of benzene rings is 2.